The molecule has 0 aromatic heterocycles. The maximum atomic E-state index is 13.0. The van der Waals surface area contributed by atoms with Gasteiger partial charge in [0, 0.05) is 35.6 Å². The first-order valence-corrected chi connectivity index (χ1v) is 12.7. The summed E-state index contributed by atoms with van der Waals surface area (Å²) >= 11 is 0. The second kappa shape index (κ2) is 10.2. The van der Waals surface area contributed by atoms with E-state index in [0.717, 1.165) is 19.3 Å². The zero-order chi connectivity index (χ0) is 24.1. The molecule has 2 amide bonds. The summed E-state index contributed by atoms with van der Waals surface area (Å²) in [5, 5.41) is 5.62. The largest absolute Gasteiger partial charge is 0.322 e. The first-order valence-electron chi connectivity index (χ1n) is 11.2. The summed E-state index contributed by atoms with van der Waals surface area (Å²) in [7, 11) is -3.63. The number of carbonyl (C=O) groups excluding carboxylic acids is 2. The van der Waals surface area contributed by atoms with E-state index in [2.05, 4.69) is 10.6 Å². The molecule has 0 unspecified atom stereocenters. The highest BCUT2D eigenvalue weighted by molar-refractivity contribution is 7.89. The zero-order valence-corrected chi connectivity index (χ0v) is 19.8. The number of aryl methyl sites for hydroxylation is 1. The van der Waals surface area contributed by atoms with Gasteiger partial charge in [-0.15, -0.1) is 0 Å². The van der Waals surface area contributed by atoms with Gasteiger partial charge in [-0.1, -0.05) is 30.7 Å². The predicted molar refractivity (Wildman–Crippen MR) is 133 cm³/mol. The number of piperidine rings is 1. The summed E-state index contributed by atoms with van der Waals surface area (Å²) < 4.78 is 27.5. The minimum absolute atomic E-state index is 0.129. The Morgan fingerprint density at radius 3 is 1.97 bits per heavy atom. The number of sulfonamides is 1. The molecular weight excluding hydrogens is 450 g/mol. The average molecular weight is 478 g/mol. The molecule has 0 aliphatic carbocycles. The molecular formula is C26H27N3O4S. The van der Waals surface area contributed by atoms with E-state index >= 15 is 0 Å². The summed E-state index contributed by atoms with van der Waals surface area (Å²) in [6, 6.07) is 20.3. The van der Waals surface area contributed by atoms with Crippen LogP contribution in [0.15, 0.2) is 77.7 Å². The van der Waals surface area contributed by atoms with Crippen LogP contribution >= 0.6 is 0 Å². The van der Waals surface area contributed by atoms with Gasteiger partial charge >= 0.3 is 0 Å². The molecule has 1 fully saturated rings. The SMILES string of the molecule is Cc1ccc(S(=O)(=O)N2CCCCC2)cc1C(=O)Nc1ccc(NC(=O)c2ccccc2)cc1. The summed E-state index contributed by atoms with van der Waals surface area (Å²) in [6.45, 7) is 2.78. The Morgan fingerprint density at radius 1 is 0.765 bits per heavy atom. The van der Waals surface area contributed by atoms with E-state index in [4.69, 9.17) is 0 Å². The molecule has 34 heavy (non-hydrogen) atoms. The second-order valence-electron chi connectivity index (χ2n) is 8.29. The van der Waals surface area contributed by atoms with E-state index in [9.17, 15) is 18.0 Å². The first kappa shape index (κ1) is 23.7. The number of amides is 2. The quantitative estimate of drug-likeness (QED) is 0.539. The topological polar surface area (TPSA) is 95.6 Å². The van der Waals surface area contributed by atoms with Crippen LogP contribution in [0.2, 0.25) is 0 Å². The smallest absolute Gasteiger partial charge is 0.255 e. The third-order valence-corrected chi connectivity index (χ3v) is 7.74. The molecule has 0 bridgehead atoms. The Morgan fingerprint density at radius 2 is 1.35 bits per heavy atom. The molecule has 0 radical (unpaired) electrons. The molecule has 3 aromatic rings. The molecule has 1 aliphatic rings. The van der Waals surface area contributed by atoms with Gasteiger partial charge in [-0.3, -0.25) is 9.59 Å². The Bertz CT molecular complexity index is 1280. The van der Waals surface area contributed by atoms with E-state index in [-0.39, 0.29) is 10.8 Å². The highest BCUT2D eigenvalue weighted by atomic mass is 32.2. The molecule has 4 rings (SSSR count). The summed E-state index contributed by atoms with van der Waals surface area (Å²) in [6.07, 6.45) is 2.72. The number of nitrogens with one attached hydrogen (secondary N) is 2. The van der Waals surface area contributed by atoms with Crippen molar-refractivity contribution in [2.75, 3.05) is 23.7 Å². The Hall–Kier alpha value is -3.49. The summed E-state index contributed by atoms with van der Waals surface area (Å²) in [5.41, 5.74) is 2.67. The van der Waals surface area contributed by atoms with Gasteiger partial charge in [0.05, 0.1) is 4.90 Å². The van der Waals surface area contributed by atoms with Crippen molar-refractivity contribution in [3.05, 3.63) is 89.5 Å². The first-order chi connectivity index (χ1) is 16.3. The van der Waals surface area contributed by atoms with E-state index in [1.54, 1.807) is 67.6 Å². The van der Waals surface area contributed by atoms with Gasteiger partial charge in [0.25, 0.3) is 11.8 Å². The van der Waals surface area contributed by atoms with Crippen LogP contribution in [0.1, 0.15) is 45.5 Å². The molecule has 1 heterocycles. The van der Waals surface area contributed by atoms with Crippen molar-refractivity contribution in [3.8, 4) is 0 Å². The third-order valence-electron chi connectivity index (χ3n) is 5.84. The van der Waals surface area contributed by atoms with Crippen molar-refractivity contribution in [1.82, 2.24) is 4.31 Å². The van der Waals surface area contributed by atoms with Crippen LogP contribution in [-0.4, -0.2) is 37.6 Å². The number of carbonyl (C=O) groups is 2. The molecule has 8 heteroatoms. The molecule has 0 saturated carbocycles. The molecule has 3 aromatic carbocycles. The molecule has 176 valence electrons. The maximum Gasteiger partial charge on any atom is 0.255 e. The fraction of sp³-hybridized carbons (Fsp3) is 0.231. The van der Waals surface area contributed by atoms with Gasteiger partial charge in [0.15, 0.2) is 0 Å². The van der Waals surface area contributed by atoms with Gasteiger partial charge in [0.1, 0.15) is 0 Å². The van der Waals surface area contributed by atoms with Crippen molar-refractivity contribution in [2.24, 2.45) is 0 Å². The maximum absolute atomic E-state index is 13.0. The van der Waals surface area contributed by atoms with Crippen molar-refractivity contribution in [2.45, 2.75) is 31.1 Å². The van der Waals surface area contributed by atoms with Crippen LogP contribution < -0.4 is 10.6 Å². The lowest BCUT2D eigenvalue weighted by molar-refractivity contribution is 0.101. The minimum atomic E-state index is -3.63. The molecule has 1 saturated heterocycles. The van der Waals surface area contributed by atoms with Crippen molar-refractivity contribution in [1.29, 1.82) is 0 Å². The van der Waals surface area contributed by atoms with E-state index in [1.807, 2.05) is 6.07 Å². The van der Waals surface area contributed by atoms with E-state index in [1.165, 1.54) is 10.4 Å². The van der Waals surface area contributed by atoms with Gasteiger partial charge in [-0.05, 0) is 73.9 Å². The van der Waals surface area contributed by atoms with Crippen molar-refractivity contribution in [3.63, 3.8) is 0 Å². The predicted octanol–water partition coefficient (Wildman–Crippen LogP) is 4.67. The van der Waals surface area contributed by atoms with Gasteiger partial charge in [-0.25, -0.2) is 8.42 Å². The highest BCUT2D eigenvalue weighted by Crippen LogP contribution is 2.24. The normalized spacial score (nSPS) is 14.4. The minimum Gasteiger partial charge on any atom is -0.322 e. The van der Waals surface area contributed by atoms with Crippen LogP contribution in [0.3, 0.4) is 0 Å². The summed E-state index contributed by atoms with van der Waals surface area (Å²) in [5.74, 6) is -0.617. The van der Waals surface area contributed by atoms with Crippen molar-refractivity contribution >= 4 is 33.2 Å². The van der Waals surface area contributed by atoms with E-state index in [0.29, 0.717) is 41.2 Å². The monoisotopic (exact) mass is 477 g/mol. The number of nitrogens with zero attached hydrogens (tertiary/aromatic N) is 1. The average Bonchev–Trinajstić information content (AvgIpc) is 2.86. The molecule has 2 N–H and O–H groups in total. The highest BCUT2D eigenvalue weighted by Gasteiger charge is 2.27. The molecule has 0 atom stereocenters. The Labute approximate surface area is 199 Å². The zero-order valence-electron chi connectivity index (χ0n) is 19.0. The standard InChI is InChI=1S/C26H27N3O4S/c1-19-10-15-23(34(32,33)29-16-6-3-7-17-29)18-24(19)26(31)28-22-13-11-21(12-14-22)27-25(30)20-8-4-2-5-9-20/h2,4-5,8-15,18H,3,6-7,16-17H2,1H3,(H,27,30)(H,28,31). The van der Waals surface area contributed by atoms with Crippen LogP contribution in [0.4, 0.5) is 11.4 Å². The molecule has 1 aliphatic heterocycles. The lowest BCUT2D eigenvalue weighted by Gasteiger charge is -2.26. The Balaban J connectivity index is 1.46. The van der Waals surface area contributed by atoms with Gasteiger partial charge in [-0.2, -0.15) is 4.31 Å². The van der Waals surface area contributed by atoms with Gasteiger partial charge < -0.3 is 10.6 Å². The van der Waals surface area contributed by atoms with Crippen molar-refractivity contribution < 1.29 is 18.0 Å². The number of hydrogen-bond donors (Lipinski definition) is 2. The van der Waals surface area contributed by atoms with Crippen LogP contribution in [0.5, 0.6) is 0 Å². The lowest BCUT2D eigenvalue weighted by Crippen LogP contribution is -2.35. The number of rotatable bonds is 6. The number of hydrogen-bond acceptors (Lipinski definition) is 4. The third kappa shape index (κ3) is 5.35. The fourth-order valence-corrected chi connectivity index (χ4v) is 5.43. The number of anilines is 2. The number of benzene rings is 3. The van der Waals surface area contributed by atoms with Crippen LogP contribution in [-0.2, 0) is 10.0 Å². The van der Waals surface area contributed by atoms with E-state index < -0.39 is 15.9 Å². The van der Waals surface area contributed by atoms with Crippen LogP contribution in [0.25, 0.3) is 0 Å². The fourth-order valence-electron chi connectivity index (χ4n) is 3.89. The second-order valence-corrected chi connectivity index (χ2v) is 10.2. The molecule has 7 nitrogen and oxygen atoms in total. The van der Waals surface area contributed by atoms with Gasteiger partial charge in [0.2, 0.25) is 10.0 Å². The lowest BCUT2D eigenvalue weighted by atomic mass is 10.1. The summed E-state index contributed by atoms with van der Waals surface area (Å²) in [4.78, 5) is 25.4. The Kier molecular flexibility index (Phi) is 7.09. The molecule has 0 spiro atoms. The van der Waals surface area contributed by atoms with Crippen LogP contribution in [0, 0.1) is 6.92 Å².